The van der Waals surface area contributed by atoms with Gasteiger partial charge >= 0.3 is 0 Å². The van der Waals surface area contributed by atoms with Gasteiger partial charge in [-0.25, -0.2) is 4.98 Å². The van der Waals surface area contributed by atoms with Gasteiger partial charge in [0, 0.05) is 44.6 Å². The molecule has 33 heavy (non-hydrogen) atoms. The summed E-state index contributed by atoms with van der Waals surface area (Å²) in [5.74, 6) is 1.38. The summed E-state index contributed by atoms with van der Waals surface area (Å²) in [4.78, 5) is 23.8. The summed E-state index contributed by atoms with van der Waals surface area (Å²) in [7, 11) is 0. The number of aromatic nitrogens is 3. The Morgan fingerprint density at radius 2 is 2.12 bits per heavy atom. The van der Waals surface area contributed by atoms with E-state index in [1.54, 1.807) is 41.4 Å². The van der Waals surface area contributed by atoms with Crippen molar-refractivity contribution in [2.45, 2.75) is 25.0 Å². The number of hydrogen-bond acceptors (Lipinski definition) is 7. The summed E-state index contributed by atoms with van der Waals surface area (Å²) < 4.78 is 13.4. The minimum atomic E-state index is -0.190. The minimum absolute atomic E-state index is 0.134. The molecule has 1 atom stereocenters. The first-order valence-electron chi connectivity index (χ1n) is 11.1. The van der Waals surface area contributed by atoms with Gasteiger partial charge in [-0.1, -0.05) is 11.6 Å². The topological polar surface area (TPSA) is 81.5 Å². The van der Waals surface area contributed by atoms with E-state index in [-0.39, 0.29) is 17.8 Å². The third-order valence-corrected chi connectivity index (χ3v) is 6.30. The van der Waals surface area contributed by atoms with Crippen LogP contribution in [0.15, 0.2) is 59.8 Å². The molecule has 3 aromatic heterocycles. The Bertz CT molecular complexity index is 1140. The largest absolute Gasteiger partial charge is 0.487 e. The van der Waals surface area contributed by atoms with Crippen molar-refractivity contribution in [1.82, 2.24) is 19.9 Å². The van der Waals surface area contributed by atoms with Crippen LogP contribution in [-0.2, 0) is 11.3 Å². The summed E-state index contributed by atoms with van der Waals surface area (Å²) in [5.41, 5.74) is 1.12. The SMILES string of the molecule is O=c1cc(OCc2ccc(Cl)cn2)ccn1-c1ccc(N2CCCC3(CNCCO3)C2)nc1. The molecule has 0 aromatic carbocycles. The average Bonchev–Trinajstić information content (AvgIpc) is 2.84. The van der Waals surface area contributed by atoms with Gasteiger partial charge in [0.05, 0.1) is 34.8 Å². The summed E-state index contributed by atoms with van der Waals surface area (Å²) in [5, 5.41) is 4.02. The van der Waals surface area contributed by atoms with Crippen LogP contribution in [0, 0.1) is 0 Å². The fourth-order valence-electron chi connectivity index (χ4n) is 4.38. The molecule has 1 spiro atoms. The zero-order valence-corrected chi connectivity index (χ0v) is 19.0. The van der Waals surface area contributed by atoms with Gasteiger partial charge in [0.2, 0.25) is 0 Å². The number of rotatable bonds is 5. The highest BCUT2D eigenvalue weighted by molar-refractivity contribution is 6.30. The highest BCUT2D eigenvalue weighted by Crippen LogP contribution is 2.29. The smallest absolute Gasteiger partial charge is 0.258 e. The lowest BCUT2D eigenvalue weighted by Gasteiger charge is -2.45. The van der Waals surface area contributed by atoms with Crippen LogP contribution in [0.3, 0.4) is 0 Å². The van der Waals surface area contributed by atoms with Crippen LogP contribution in [0.2, 0.25) is 5.02 Å². The number of pyridine rings is 3. The highest BCUT2D eigenvalue weighted by atomic mass is 35.5. The lowest BCUT2D eigenvalue weighted by atomic mass is 9.91. The molecule has 1 unspecified atom stereocenters. The van der Waals surface area contributed by atoms with E-state index in [1.165, 1.54) is 6.07 Å². The van der Waals surface area contributed by atoms with Gasteiger partial charge in [-0.05, 0) is 43.2 Å². The fraction of sp³-hybridized carbons (Fsp3) is 0.375. The molecule has 1 N–H and O–H groups in total. The van der Waals surface area contributed by atoms with Crippen LogP contribution < -0.4 is 20.5 Å². The normalized spacial score (nSPS) is 20.7. The zero-order chi connectivity index (χ0) is 22.7. The van der Waals surface area contributed by atoms with E-state index in [2.05, 4.69) is 20.2 Å². The molecule has 0 bridgehead atoms. The molecule has 0 aliphatic carbocycles. The molecule has 0 radical (unpaired) electrons. The Morgan fingerprint density at radius 3 is 2.85 bits per heavy atom. The van der Waals surface area contributed by atoms with E-state index in [9.17, 15) is 4.79 Å². The number of anilines is 1. The first kappa shape index (κ1) is 21.9. The van der Waals surface area contributed by atoms with Crippen molar-refractivity contribution in [2.75, 3.05) is 37.7 Å². The van der Waals surface area contributed by atoms with Gasteiger partial charge in [-0.3, -0.25) is 14.3 Å². The molecular formula is C24H26ClN5O3. The standard InChI is InChI=1S/C24H26ClN5O3/c25-18-2-3-19(27-13-18)15-32-21-6-10-30(23(31)12-21)20-4-5-22(28-14-20)29-9-1-7-24(17-29)16-26-8-11-33-24/h2-6,10,12-14,26H,1,7-9,11,15-17H2. The lowest BCUT2D eigenvalue weighted by Crippen LogP contribution is -2.59. The Balaban J connectivity index is 1.26. The summed E-state index contributed by atoms with van der Waals surface area (Å²) >= 11 is 5.85. The average molecular weight is 468 g/mol. The molecule has 0 saturated carbocycles. The molecule has 2 fully saturated rings. The monoisotopic (exact) mass is 467 g/mol. The van der Waals surface area contributed by atoms with Crippen LogP contribution in [0.5, 0.6) is 5.75 Å². The maximum absolute atomic E-state index is 12.7. The Labute approximate surface area is 197 Å². The van der Waals surface area contributed by atoms with Crippen LogP contribution in [0.1, 0.15) is 18.5 Å². The van der Waals surface area contributed by atoms with E-state index >= 15 is 0 Å². The zero-order valence-electron chi connectivity index (χ0n) is 18.2. The minimum Gasteiger partial charge on any atom is -0.487 e. The second kappa shape index (κ2) is 9.51. The van der Waals surface area contributed by atoms with E-state index in [4.69, 9.17) is 21.1 Å². The molecule has 0 amide bonds. The second-order valence-corrected chi connectivity index (χ2v) is 8.87. The van der Waals surface area contributed by atoms with Crippen molar-refractivity contribution in [1.29, 1.82) is 0 Å². The number of morpholine rings is 1. The first-order valence-corrected chi connectivity index (χ1v) is 11.5. The van der Waals surface area contributed by atoms with Crippen molar-refractivity contribution in [3.63, 3.8) is 0 Å². The van der Waals surface area contributed by atoms with Crippen molar-refractivity contribution >= 4 is 17.4 Å². The van der Waals surface area contributed by atoms with Crippen molar-refractivity contribution in [2.24, 2.45) is 0 Å². The van der Waals surface area contributed by atoms with Crippen LogP contribution in [0.25, 0.3) is 5.69 Å². The number of piperidine rings is 1. The van der Waals surface area contributed by atoms with Crippen molar-refractivity contribution in [3.8, 4) is 11.4 Å². The molecule has 172 valence electrons. The molecule has 2 saturated heterocycles. The Kier molecular flexibility index (Phi) is 6.30. The van der Waals surface area contributed by atoms with Crippen LogP contribution in [-0.4, -0.2) is 52.9 Å². The maximum Gasteiger partial charge on any atom is 0.258 e. The molecule has 2 aliphatic rings. The van der Waals surface area contributed by atoms with Gasteiger partial charge in [-0.15, -0.1) is 0 Å². The van der Waals surface area contributed by atoms with Crippen LogP contribution >= 0.6 is 11.6 Å². The summed E-state index contributed by atoms with van der Waals surface area (Å²) in [6.07, 6.45) is 7.12. The molecule has 3 aromatic rings. The molecule has 2 aliphatic heterocycles. The molecule has 5 rings (SSSR count). The number of halogens is 1. The number of nitrogens with one attached hydrogen (secondary N) is 1. The predicted octanol–water partition coefficient (Wildman–Crippen LogP) is 2.82. The van der Waals surface area contributed by atoms with E-state index in [1.807, 2.05) is 12.1 Å². The second-order valence-electron chi connectivity index (χ2n) is 8.44. The fourth-order valence-corrected chi connectivity index (χ4v) is 4.50. The van der Waals surface area contributed by atoms with Crippen LogP contribution in [0.4, 0.5) is 5.82 Å². The highest BCUT2D eigenvalue weighted by Gasteiger charge is 2.38. The van der Waals surface area contributed by atoms with Crippen molar-refractivity contribution in [3.05, 3.63) is 76.1 Å². The molecular weight excluding hydrogens is 442 g/mol. The quantitative estimate of drug-likeness (QED) is 0.617. The predicted molar refractivity (Wildman–Crippen MR) is 126 cm³/mol. The van der Waals surface area contributed by atoms with Crippen molar-refractivity contribution < 1.29 is 9.47 Å². The van der Waals surface area contributed by atoms with Gasteiger partial charge in [0.15, 0.2) is 0 Å². The third-order valence-electron chi connectivity index (χ3n) is 6.07. The van der Waals surface area contributed by atoms with E-state index in [0.29, 0.717) is 16.5 Å². The van der Waals surface area contributed by atoms with E-state index < -0.39 is 0 Å². The molecule has 8 nitrogen and oxygen atoms in total. The lowest BCUT2D eigenvalue weighted by molar-refractivity contribution is -0.0726. The maximum atomic E-state index is 12.7. The summed E-state index contributed by atoms with van der Waals surface area (Å²) in [6.45, 7) is 4.56. The number of hydrogen-bond donors (Lipinski definition) is 1. The van der Waals surface area contributed by atoms with E-state index in [0.717, 1.165) is 57.1 Å². The summed E-state index contributed by atoms with van der Waals surface area (Å²) in [6, 6.07) is 10.7. The van der Waals surface area contributed by atoms with Gasteiger partial charge in [-0.2, -0.15) is 0 Å². The Hall–Kier alpha value is -2.94. The number of nitrogens with zero attached hydrogens (tertiary/aromatic N) is 4. The first-order chi connectivity index (χ1) is 16.1. The molecule has 5 heterocycles. The third kappa shape index (κ3) is 5.03. The molecule has 9 heteroatoms. The van der Waals surface area contributed by atoms with Gasteiger partial charge in [0.25, 0.3) is 5.56 Å². The van der Waals surface area contributed by atoms with Gasteiger partial charge < -0.3 is 19.7 Å². The number of ether oxygens (including phenoxy) is 2. The Morgan fingerprint density at radius 1 is 1.18 bits per heavy atom. The van der Waals surface area contributed by atoms with Gasteiger partial charge in [0.1, 0.15) is 18.2 Å².